The summed E-state index contributed by atoms with van der Waals surface area (Å²) in [7, 11) is 0. The molecular formula is C15H16BrNO4S. The van der Waals surface area contributed by atoms with Gasteiger partial charge in [-0.05, 0) is 41.9 Å². The summed E-state index contributed by atoms with van der Waals surface area (Å²) in [6.45, 7) is 4.88. The van der Waals surface area contributed by atoms with Crippen molar-refractivity contribution >= 4 is 33.2 Å². The number of carboxylic acids is 1. The molecule has 0 spiro atoms. The number of rotatable bonds is 7. The van der Waals surface area contributed by atoms with Gasteiger partial charge in [0.15, 0.2) is 11.5 Å². The monoisotopic (exact) mass is 385 g/mol. The van der Waals surface area contributed by atoms with Crippen molar-refractivity contribution in [3.05, 3.63) is 27.7 Å². The maximum atomic E-state index is 10.7. The van der Waals surface area contributed by atoms with Crippen molar-refractivity contribution in [3.63, 3.8) is 0 Å². The average Bonchev–Trinajstić information content (AvgIpc) is 2.90. The number of hydrogen-bond acceptors (Lipinski definition) is 5. The molecule has 1 N–H and O–H groups in total. The van der Waals surface area contributed by atoms with Gasteiger partial charge in [-0.15, -0.1) is 11.3 Å². The molecule has 22 heavy (non-hydrogen) atoms. The van der Waals surface area contributed by atoms with Crippen LogP contribution in [0.1, 0.15) is 19.5 Å². The Hall–Kier alpha value is -1.60. The van der Waals surface area contributed by atoms with Gasteiger partial charge < -0.3 is 14.6 Å². The van der Waals surface area contributed by atoms with Crippen LogP contribution in [0.4, 0.5) is 0 Å². The first kappa shape index (κ1) is 16.8. The number of nitrogens with zero attached hydrogens (tertiary/aromatic N) is 1. The van der Waals surface area contributed by atoms with Gasteiger partial charge >= 0.3 is 5.97 Å². The van der Waals surface area contributed by atoms with E-state index in [1.807, 2.05) is 26.0 Å². The fourth-order valence-corrected chi connectivity index (χ4v) is 3.28. The lowest BCUT2D eigenvalue weighted by Crippen LogP contribution is -2.00. The van der Waals surface area contributed by atoms with E-state index >= 15 is 0 Å². The number of carbonyl (C=O) groups is 1. The predicted octanol–water partition coefficient (Wildman–Crippen LogP) is 4.00. The van der Waals surface area contributed by atoms with E-state index in [1.165, 1.54) is 11.3 Å². The largest absolute Gasteiger partial charge is 0.490 e. The van der Waals surface area contributed by atoms with Crippen LogP contribution in [0.15, 0.2) is 22.0 Å². The smallest absolute Gasteiger partial charge is 0.309 e. The van der Waals surface area contributed by atoms with Crippen molar-refractivity contribution in [2.24, 2.45) is 0 Å². The fourth-order valence-electron chi connectivity index (χ4n) is 1.91. The van der Waals surface area contributed by atoms with Crippen molar-refractivity contribution in [2.75, 3.05) is 13.2 Å². The Morgan fingerprint density at radius 2 is 2.05 bits per heavy atom. The van der Waals surface area contributed by atoms with Gasteiger partial charge in [0.1, 0.15) is 5.01 Å². The van der Waals surface area contributed by atoms with Gasteiger partial charge in [-0.1, -0.05) is 0 Å². The van der Waals surface area contributed by atoms with Gasteiger partial charge in [0.2, 0.25) is 0 Å². The molecule has 0 radical (unpaired) electrons. The summed E-state index contributed by atoms with van der Waals surface area (Å²) in [6.07, 6.45) is -0.0764. The van der Waals surface area contributed by atoms with Gasteiger partial charge in [0, 0.05) is 10.9 Å². The molecule has 0 atom stereocenters. The van der Waals surface area contributed by atoms with Gasteiger partial charge in [0.05, 0.1) is 29.8 Å². The Labute approximate surface area is 141 Å². The van der Waals surface area contributed by atoms with E-state index in [9.17, 15) is 4.79 Å². The number of thiazole rings is 1. The van der Waals surface area contributed by atoms with Crippen LogP contribution in [-0.2, 0) is 11.2 Å². The van der Waals surface area contributed by atoms with Crippen molar-refractivity contribution in [2.45, 2.75) is 20.3 Å². The fraction of sp³-hybridized carbons (Fsp3) is 0.333. The molecule has 7 heteroatoms. The summed E-state index contributed by atoms with van der Waals surface area (Å²) in [4.78, 5) is 15.1. The van der Waals surface area contributed by atoms with Crippen molar-refractivity contribution < 1.29 is 19.4 Å². The molecule has 0 aliphatic carbocycles. The molecule has 0 saturated heterocycles. The summed E-state index contributed by atoms with van der Waals surface area (Å²) in [5.74, 6) is 0.416. The van der Waals surface area contributed by atoms with Gasteiger partial charge in [-0.25, -0.2) is 4.98 Å². The Morgan fingerprint density at radius 1 is 1.32 bits per heavy atom. The van der Waals surface area contributed by atoms with Crippen LogP contribution in [0.5, 0.6) is 11.5 Å². The molecule has 2 rings (SSSR count). The quantitative estimate of drug-likeness (QED) is 0.779. The van der Waals surface area contributed by atoms with E-state index in [-0.39, 0.29) is 6.42 Å². The van der Waals surface area contributed by atoms with Gasteiger partial charge in [-0.2, -0.15) is 0 Å². The topological polar surface area (TPSA) is 68.7 Å². The lowest BCUT2D eigenvalue weighted by atomic mass is 10.2. The highest BCUT2D eigenvalue weighted by Gasteiger charge is 2.15. The van der Waals surface area contributed by atoms with Crippen molar-refractivity contribution in [1.29, 1.82) is 0 Å². The SMILES string of the molecule is CCOc1cc(-c2nc(CC(=O)O)cs2)cc(Br)c1OCC. The first-order chi connectivity index (χ1) is 10.5. The Bertz CT molecular complexity index is 672. The minimum Gasteiger partial charge on any atom is -0.490 e. The number of halogens is 1. The van der Waals surface area contributed by atoms with Crippen LogP contribution >= 0.6 is 27.3 Å². The predicted molar refractivity (Wildman–Crippen MR) is 88.9 cm³/mol. The molecule has 0 amide bonds. The number of aliphatic carboxylic acids is 1. The third-order valence-corrected chi connectivity index (χ3v) is 4.26. The third-order valence-electron chi connectivity index (χ3n) is 2.73. The molecule has 2 aromatic rings. The van der Waals surface area contributed by atoms with Crippen LogP contribution in [-0.4, -0.2) is 29.3 Å². The van der Waals surface area contributed by atoms with Crippen LogP contribution in [0.2, 0.25) is 0 Å². The average molecular weight is 386 g/mol. The molecule has 0 aliphatic rings. The van der Waals surface area contributed by atoms with Crippen LogP contribution < -0.4 is 9.47 Å². The van der Waals surface area contributed by atoms with Crippen molar-refractivity contribution in [1.82, 2.24) is 4.98 Å². The Balaban J connectivity index is 2.38. The normalized spacial score (nSPS) is 10.5. The first-order valence-corrected chi connectivity index (χ1v) is 8.48. The van der Waals surface area contributed by atoms with Crippen LogP contribution in [0, 0.1) is 0 Å². The highest BCUT2D eigenvalue weighted by atomic mass is 79.9. The zero-order valence-corrected chi connectivity index (χ0v) is 14.7. The number of benzene rings is 1. The zero-order chi connectivity index (χ0) is 16.1. The maximum Gasteiger partial charge on any atom is 0.309 e. The van der Waals surface area contributed by atoms with Gasteiger partial charge in [-0.3, -0.25) is 4.79 Å². The summed E-state index contributed by atoms with van der Waals surface area (Å²) in [6, 6.07) is 3.76. The minimum absolute atomic E-state index is 0.0764. The molecule has 1 aromatic carbocycles. The number of ether oxygens (including phenoxy) is 2. The van der Waals surface area contributed by atoms with E-state index in [0.29, 0.717) is 30.4 Å². The summed E-state index contributed by atoms with van der Waals surface area (Å²) < 4.78 is 12.0. The van der Waals surface area contributed by atoms with E-state index in [0.717, 1.165) is 15.0 Å². The number of hydrogen-bond donors (Lipinski definition) is 1. The second-order valence-corrected chi connectivity index (χ2v) is 6.08. The summed E-state index contributed by atoms with van der Waals surface area (Å²) in [5, 5.41) is 11.3. The van der Waals surface area contributed by atoms with Crippen molar-refractivity contribution in [3.8, 4) is 22.1 Å². The first-order valence-electron chi connectivity index (χ1n) is 6.80. The van der Waals surface area contributed by atoms with E-state index in [4.69, 9.17) is 14.6 Å². The number of aromatic nitrogens is 1. The summed E-state index contributed by atoms with van der Waals surface area (Å²) >= 11 is 4.90. The molecule has 0 aliphatic heterocycles. The second-order valence-electron chi connectivity index (χ2n) is 4.37. The molecule has 1 heterocycles. The molecule has 5 nitrogen and oxygen atoms in total. The standard InChI is InChI=1S/C15H16BrNO4S/c1-3-20-12-6-9(5-11(16)14(12)21-4-2)15-17-10(8-22-15)7-13(18)19/h5-6,8H,3-4,7H2,1-2H3,(H,18,19). The zero-order valence-electron chi connectivity index (χ0n) is 12.3. The third kappa shape index (κ3) is 3.98. The summed E-state index contributed by atoms with van der Waals surface area (Å²) in [5.41, 5.74) is 1.41. The van der Waals surface area contributed by atoms with E-state index in [1.54, 1.807) is 5.38 Å². The van der Waals surface area contributed by atoms with E-state index < -0.39 is 5.97 Å². The Morgan fingerprint density at radius 3 is 2.68 bits per heavy atom. The molecule has 0 unspecified atom stereocenters. The molecule has 0 fully saturated rings. The Kier molecular flexibility index (Phi) is 5.79. The molecule has 0 saturated carbocycles. The highest BCUT2D eigenvalue weighted by Crippen LogP contribution is 2.40. The molecule has 1 aromatic heterocycles. The number of carboxylic acid groups (broad SMARTS) is 1. The minimum atomic E-state index is -0.889. The van der Waals surface area contributed by atoms with Crippen LogP contribution in [0.3, 0.4) is 0 Å². The molecular weight excluding hydrogens is 370 g/mol. The second kappa shape index (κ2) is 7.60. The highest BCUT2D eigenvalue weighted by molar-refractivity contribution is 9.10. The lowest BCUT2D eigenvalue weighted by molar-refractivity contribution is -0.136. The van der Waals surface area contributed by atoms with Crippen LogP contribution in [0.25, 0.3) is 10.6 Å². The lowest BCUT2D eigenvalue weighted by Gasteiger charge is -2.13. The molecule has 0 bridgehead atoms. The maximum absolute atomic E-state index is 10.7. The van der Waals surface area contributed by atoms with Gasteiger partial charge in [0.25, 0.3) is 0 Å². The van der Waals surface area contributed by atoms with E-state index in [2.05, 4.69) is 20.9 Å². The molecule has 118 valence electrons.